The van der Waals surface area contributed by atoms with E-state index in [-0.39, 0.29) is 23.2 Å². The predicted molar refractivity (Wildman–Crippen MR) is 109 cm³/mol. The molecule has 1 aliphatic rings. The fourth-order valence-electron chi connectivity index (χ4n) is 3.42. The van der Waals surface area contributed by atoms with Gasteiger partial charge in [-0.3, -0.25) is 9.59 Å². The van der Waals surface area contributed by atoms with Crippen LogP contribution < -0.4 is 0 Å². The number of phenolic OH excluding ortho intramolecular Hbond substituents is 1. The van der Waals surface area contributed by atoms with Gasteiger partial charge in [-0.25, -0.2) is 0 Å². The summed E-state index contributed by atoms with van der Waals surface area (Å²) in [6.45, 7) is 4.64. The molecule has 0 aliphatic carbocycles. The van der Waals surface area contributed by atoms with E-state index < -0.39 is 17.7 Å². The highest BCUT2D eigenvalue weighted by Crippen LogP contribution is 2.39. The van der Waals surface area contributed by atoms with Crippen LogP contribution in [0.25, 0.3) is 5.76 Å². The van der Waals surface area contributed by atoms with Crippen LogP contribution in [-0.4, -0.2) is 46.1 Å². The van der Waals surface area contributed by atoms with E-state index in [4.69, 9.17) is 4.74 Å². The lowest BCUT2D eigenvalue weighted by Gasteiger charge is -2.25. The van der Waals surface area contributed by atoms with Gasteiger partial charge in [-0.15, -0.1) is 0 Å². The third kappa shape index (κ3) is 4.49. The van der Waals surface area contributed by atoms with Crippen molar-refractivity contribution in [1.82, 2.24) is 4.90 Å². The molecule has 1 atom stereocenters. The number of carbonyl (C=O) groups is 2. The van der Waals surface area contributed by atoms with Gasteiger partial charge in [0, 0.05) is 18.7 Å². The Morgan fingerprint density at radius 3 is 2.34 bits per heavy atom. The van der Waals surface area contributed by atoms with Crippen molar-refractivity contribution in [2.45, 2.75) is 32.4 Å². The molecule has 29 heavy (non-hydrogen) atoms. The molecule has 2 aromatic rings. The summed E-state index contributed by atoms with van der Waals surface area (Å²) in [4.78, 5) is 27.1. The van der Waals surface area contributed by atoms with E-state index in [1.54, 1.807) is 36.4 Å². The average molecular weight is 395 g/mol. The van der Waals surface area contributed by atoms with Crippen LogP contribution in [0.3, 0.4) is 0 Å². The molecule has 3 rings (SSSR count). The maximum Gasteiger partial charge on any atom is 0.295 e. The molecule has 2 N–H and O–H groups in total. The number of hydrogen-bond donors (Lipinski definition) is 2. The second-order valence-electron chi connectivity index (χ2n) is 7.22. The number of rotatable bonds is 7. The van der Waals surface area contributed by atoms with Gasteiger partial charge < -0.3 is 19.8 Å². The van der Waals surface area contributed by atoms with Gasteiger partial charge in [-0.05, 0) is 38.0 Å². The van der Waals surface area contributed by atoms with Gasteiger partial charge in [0.05, 0.1) is 17.7 Å². The maximum atomic E-state index is 12.8. The van der Waals surface area contributed by atoms with Crippen molar-refractivity contribution in [1.29, 1.82) is 0 Å². The maximum absolute atomic E-state index is 12.8. The Balaban J connectivity index is 2.00. The summed E-state index contributed by atoms with van der Waals surface area (Å²) in [5, 5.41) is 20.5. The number of aliphatic hydroxyl groups excluding tert-OH is 1. The minimum atomic E-state index is -0.727. The third-order valence-corrected chi connectivity index (χ3v) is 4.79. The molecule has 0 bridgehead atoms. The summed E-state index contributed by atoms with van der Waals surface area (Å²) >= 11 is 0. The zero-order valence-corrected chi connectivity index (χ0v) is 16.5. The monoisotopic (exact) mass is 395 g/mol. The summed E-state index contributed by atoms with van der Waals surface area (Å²) in [5.74, 6) is -1.48. The summed E-state index contributed by atoms with van der Waals surface area (Å²) in [7, 11) is 0. The molecule has 152 valence electrons. The molecule has 0 saturated carbocycles. The van der Waals surface area contributed by atoms with E-state index in [2.05, 4.69) is 0 Å². The summed E-state index contributed by atoms with van der Waals surface area (Å²) in [6.07, 6.45) is 0.641. The summed E-state index contributed by atoms with van der Waals surface area (Å²) in [5.41, 5.74) is 1.17. The smallest absolute Gasteiger partial charge is 0.295 e. The molecule has 1 heterocycles. The zero-order chi connectivity index (χ0) is 21.0. The van der Waals surface area contributed by atoms with E-state index in [9.17, 15) is 19.8 Å². The standard InChI is InChI=1S/C23H25NO5/c1-15(2)29-14-6-13-24-20(16-9-11-18(25)12-10-16)19(22(27)23(24)28)21(26)17-7-4-3-5-8-17/h3-5,7-12,15,20,25-26H,6,13-14H2,1-2H3/b21-19-. The fraction of sp³-hybridized carbons (Fsp3) is 0.304. The van der Waals surface area contributed by atoms with Gasteiger partial charge in [0.1, 0.15) is 11.5 Å². The van der Waals surface area contributed by atoms with E-state index in [0.717, 1.165) is 0 Å². The molecule has 0 spiro atoms. The van der Waals surface area contributed by atoms with Crippen LogP contribution in [0.4, 0.5) is 0 Å². The topological polar surface area (TPSA) is 87.1 Å². The highest BCUT2D eigenvalue weighted by Gasteiger charge is 2.45. The van der Waals surface area contributed by atoms with Crippen LogP contribution in [0, 0.1) is 0 Å². The third-order valence-electron chi connectivity index (χ3n) is 4.79. The number of ketones is 1. The predicted octanol–water partition coefficient (Wildman–Crippen LogP) is 3.63. The molecule has 0 radical (unpaired) electrons. The van der Waals surface area contributed by atoms with E-state index in [1.165, 1.54) is 17.0 Å². The van der Waals surface area contributed by atoms with E-state index in [1.807, 2.05) is 19.9 Å². The number of likely N-dealkylation sites (tertiary alicyclic amines) is 1. The van der Waals surface area contributed by atoms with Crippen molar-refractivity contribution in [3.05, 3.63) is 71.3 Å². The largest absolute Gasteiger partial charge is 0.508 e. The molecule has 1 saturated heterocycles. The number of benzene rings is 2. The number of amides is 1. The molecule has 6 heteroatoms. The number of carbonyl (C=O) groups excluding carboxylic acids is 2. The van der Waals surface area contributed by atoms with Crippen LogP contribution in [0.5, 0.6) is 5.75 Å². The lowest BCUT2D eigenvalue weighted by Crippen LogP contribution is -2.31. The number of ether oxygens (including phenoxy) is 1. The van der Waals surface area contributed by atoms with Crippen molar-refractivity contribution in [2.24, 2.45) is 0 Å². The first-order valence-corrected chi connectivity index (χ1v) is 9.64. The second-order valence-corrected chi connectivity index (χ2v) is 7.22. The quantitative estimate of drug-likeness (QED) is 0.324. The van der Waals surface area contributed by atoms with Gasteiger partial charge >= 0.3 is 0 Å². The molecule has 2 aromatic carbocycles. The number of nitrogens with zero attached hydrogens (tertiary/aromatic N) is 1. The summed E-state index contributed by atoms with van der Waals surface area (Å²) in [6, 6.07) is 14.3. The minimum Gasteiger partial charge on any atom is -0.508 e. The molecule has 0 aromatic heterocycles. The molecule has 1 amide bonds. The van der Waals surface area contributed by atoms with Gasteiger partial charge in [0.2, 0.25) is 0 Å². The Morgan fingerprint density at radius 1 is 1.07 bits per heavy atom. The van der Waals surface area contributed by atoms with E-state index in [0.29, 0.717) is 30.7 Å². The van der Waals surface area contributed by atoms with Crippen molar-refractivity contribution in [2.75, 3.05) is 13.2 Å². The summed E-state index contributed by atoms with van der Waals surface area (Å²) < 4.78 is 5.55. The SMILES string of the molecule is CC(C)OCCCN1C(=O)C(=O)/C(=C(\O)c2ccccc2)C1c1ccc(O)cc1. The van der Waals surface area contributed by atoms with Crippen molar-refractivity contribution in [3.8, 4) is 5.75 Å². The van der Waals surface area contributed by atoms with Crippen LogP contribution >= 0.6 is 0 Å². The van der Waals surface area contributed by atoms with Crippen LogP contribution in [0.1, 0.15) is 37.4 Å². The van der Waals surface area contributed by atoms with Crippen LogP contribution in [0.15, 0.2) is 60.2 Å². The van der Waals surface area contributed by atoms with Gasteiger partial charge in [0.25, 0.3) is 11.7 Å². The number of Topliss-reactive ketones (excluding diaryl/α,β-unsaturated/α-hetero) is 1. The molecule has 1 fully saturated rings. The van der Waals surface area contributed by atoms with Gasteiger partial charge in [0.15, 0.2) is 0 Å². The number of hydrogen-bond acceptors (Lipinski definition) is 5. The minimum absolute atomic E-state index is 0.0525. The molecule has 6 nitrogen and oxygen atoms in total. The Labute approximate surface area is 170 Å². The van der Waals surface area contributed by atoms with Gasteiger partial charge in [-0.1, -0.05) is 42.5 Å². The van der Waals surface area contributed by atoms with Crippen molar-refractivity contribution >= 4 is 17.4 Å². The molecule has 1 unspecified atom stereocenters. The highest BCUT2D eigenvalue weighted by atomic mass is 16.5. The molecule has 1 aliphatic heterocycles. The molecular weight excluding hydrogens is 370 g/mol. The Kier molecular flexibility index (Phi) is 6.34. The Hall–Kier alpha value is -3.12. The zero-order valence-electron chi connectivity index (χ0n) is 16.5. The van der Waals surface area contributed by atoms with Crippen LogP contribution in [-0.2, 0) is 14.3 Å². The van der Waals surface area contributed by atoms with Crippen molar-refractivity contribution < 1.29 is 24.5 Å². The average Bonchev–Trinajstić information content (AvgIpc) is 2.96. The first kappa shape index (κ1) is 20.6. The lowest BCUT2D eigenvalue weighted by molar-refractivity contribution is -0.140. The Bertz CT molecular complexity index is 903. The number of aliphatic hydroxyl groups is 1. The lowest BCUT2D eigenvalue weighted by atomic mass is 9.95. The van der Waals surface area contributed by atoms with E-state index >= 15 is 0 Å². The van der Waals surface area contributed by atoms with Gasteiger partial charge in [-0.2, -0.15) is 0 Å². The fourth-order valence-corrected chi connectivity index (χ4v) is 3.42. The Morgan fingerprint density at radius 2 is 1.72 bits per heavy atom. The highest BCUT2D eigenvalue weighted by molar-refractivity contribution is 6.46. The molecular formula is C23H25NO5. The first-order chi connectivity index (χ1) is 13.9. The van der Waals surface area contributed by atoms with Crippen molar-refractivity contribution in [3.63, 3.8) is 0 Å². The number of phenols is 1. The normalized spacial score (nSPS) is 18.6. The van der Waals surface area contributed by atoms with Crippen LogP contribution in [0.2, 0.25) is 0 Å². The first-order valence-electron chi connectivity index (χ1n) is 9.64. The number of aromatic hydroxyl groups is 1. The second kappa shape index (κ2) is 8.92.